The molecule has 2 heterocycles. The quantitative estimate of drug-likeness (QED) is 0.259. The third-order valence-electron chi connectivity index (χ3n) is 6.04. The van der Waals surface area contributed by atoms with Gasteiger partial charge in [-0.2, -0.15) is 0 Å². The third kappa shape index (κ3) is 3.95. The normalized spacial score (nSPS) is 13.7. The molecule has 2 aromatic heterocycles. The van der Waals surface area contributed by atoms with E-state index >= 15 is 0 Å². The zero-order valence-corrected chi connectivity index (χ0v) is 18.6. The van der Waals surface area contributed by atoms with Crippen LogP contribution in [0.4, 0.5) is 25.8 Å². The Morgan fingerprint density at radius 1 is 1.18 bits per heavy atom. The zero-order chi connectivity index (χ0) is 24.6. The fraction of sp³-hybridized carbons (Fsp3) is 0.292. The Morgan fingerprint density at radius 2 is 1.85 bits per heavy atom. The minimum Gasteiger partial charge on any atom is -0.397 e. The molecule has 10 heteroatoms. The van der Waals surface area contributed by atoms with Crippen LogP contribution in [0.5, 0.6) is 0 Å². The highest BCUT2D eigenvalue weighted by Crippen LogP contribution is 2.39. The number of aromatic nitrogens is 3. The van der Waals surface area contributed by atoms with E-state index < -0.39 is 22.9 Å². The van der Waals surface area contributed by atoms with Gasteiger partial charge in [0.25, 0.3) is 5.56 Å². The summed E-state index contributed by atoms with van der Waals surface area (Å²) in [5.74, 6) is 6.34. The van der Waals surface area contributed by atoms with E-state index in [4.69, 9.17) is 18.0 Å². The second kappa shape index (κ2) is 9.11. The van der Waals surface area contributed by atoms with Crippen LogP contribution < -0.4 is 27.8 Å². The number of pyridine rings is 1. The minimum atomic E-state index is -1.18. The van der Waals surface area contributed by atoms with Gasteiger partial charge >= 0.3 is 5.69 Å². The number of nitrogen functional groups attached to an aromatic ring is 1. The summed E-state index contributed by atoms with van der Waals surface area (Å²) >= 11 is 0. The van der Waals surface area contributed by atoms with Crippen LogP contribution in [0.15, 0.2) is 40.2 Å². The first-order valence-electron chi connectivity index (χ1n) is 10.8. The lowest BCUT2D eigenvalue weighted by molar-refractivity contribution is 0.509. The molecule has 176 valence electrons. The van der Waals surface area contributed by atoms with Crippen molar-refractivity contribution < 1.29 is 8.78 Å². The third-order valence-corrected chi connectivity index (χ3v) is 6.04. The fourth-order valence-corrected chi connectivity index (χ4v) is 4.51. The molecule has 0 saturated heterocycles. The molecule has 0 spiro atoms. The highest BCUT2D eigenvalue weighted by Gasteiger charge is 2.31. The van der Waals surface area contributed by atoms with Crippen LogP contribution in [0.2, 0.25) is 0 Å². The number of hydrazine groups is 1. The topological polar surface area (TPSA) is 112 Å². The Morgan fingerprint density at radius 3 is 2.50 bits per heavy atom. The number of hydrogen-bond donors (Lipinski definition) is 2. The molecule has 0 amide bonds. The first-order chi connectivity index (χ1) is 16.2. The molecule has 0 unspecified atom stereocenters. The SMILES string of the molecule is C#CCn1c(C2CCCC2)c(N(N)c2cc(F)c(F)cc2N)c(=O)n(-c2cncc(C)c2)c1=O. The number of nitrogens with two attached hydrogens (primary N) is 2. The molecule has 4 N–H and O–H groups in total. The van der Waals surface area contributed by atoms with E-state index in [9.17, 15) is 18.4 Å². The van der Waals surface area contributed by atoms with Gasteiger partial charge in [0.1, 0.15) is 5.69 Å². The van der Waals surface area contributed by atoms with E-state index in [2.05, 4.69) is 10.9 Å². The second-order valence-electron chi connectivity index (χ2n) is 8.34. The smallest absolute Gasteiger partial charge is 0.336 e. The number of anilines is 3. The summed E-state index contributed by atoms with van der Waals surface area (Å²) < 4.78 is 30.1. The summed E-state index contributed by atoms with van der Waals surface area (Å²) in [6.07, 6.45) is 11.8. The maximum Gasteiger partial charge on any atom is 0.336 e. The van der Waals surface area contributed by atoms with Crippen LogP contribution in [0.1, 0.15) is 42.9 Å². The molecule has 1 saturated carbocycles. The molecule has 1 aliphatic rings. The Hall–Kier alpha value is -3.97. The van der Waals surface area contributed by atoms with Crippen molar-refractivity contribution in [3.8, 4) is 18.0 Å². The van der Waals surface area contributed by atoms with Crippen molar-refractivity contribution in [2.75, 3.05) is 10.7 Å². The van der Waals surface area contributed by atoms with Gasteiger partial charge in [-0.15, -0.1) is 6.42 Å². The first-order valence-corrected chi connectivity index (χ1v) is 10.8. The number of rotatable bonds is 5. The van der Waals surface area contributed by atoms with Gasteiger partial charge in [-0.25, -0.2) is 24.0 Å². The molecule has 1 fully saturated rings. The fourth-order valence-electron chi connectivity index (χ4n) is 4.51. The van der Waals surface area contributed by atoms with Crippen molar-refractivity contribution in [3.05, 3.63) is 74.3 Å². The van der Waals surface area contributed by atoms with Gasteiger partial charge in [-0.3, -0.25) is 19.4 Å². The van der Waals surface area contributed by atoms with Crippen LogP contribution in [0, 0.1) is 30.9 Å². The molecule has 0 radical (unpaired) electrons. The Labute approximate surface area is 194 Å². The molecule has 1 aromatic carbocycles. The summed E-state index contributed by atoms with van der Waals surface area (Å²) in [4.78, 5) is 31.5. The van der Waals surface area contributed by atoms with Crippen molar-refractivity contribution in [2.45, 2.75) is 45.1 Å². The number of benzene rings is 1. The molecule has 4 rings (SSSR count). The highest BCUT2D eigenvalue weighted by atomic mass is 19.2. The molecule has 3 aromatic rings. The number of hydrogen-bond acceptors (Lipinski definition) is 6. The molecular weight excluding hydrogens is 442 g/mol. The van der Waals surface area contributed by atoms with Crippen molar-refractivity contribution in [1.82, 2.24) is 14.1 Å². The summed E-state index contributed by atoms with van der Waals surface area (Å²) in [7, 11) is 0. The molecule has 0 atom stereocenters. The second-order valence-corrected chi connectivity index (χ2v) is 8.34. The van der Waals surface area contributed by atoms with Crippen molar-refractivity contribution in [2.24, 2.45) is 5.84 Å². The van der Waals surface area contributed by atoms with E-state index in [1.54, 1.807) is 19.2 Å². The largest absolute Gasteiger partial charge is 0.397 e. The van der Waals surface area contributed by atoms with Gasteiger partial charge in [0.05, 0.1) is 35.5 Å². The number of aryl methyl sites for hydroxylation is 1. The lowest BCUT2D eigenvalue weighted by atomic mass is 10.0. The average molecular weight is 466 g/mol. The number of halogens is 2. The summed E-state index contributed by atoms with van der Waals surface area (Å²) in [5.41, 5.74) is 5.50. The van der Waals surface area contributed by atoms with E-state index in [0.717, 1.165) is 40.1 Å². The lowest BCUT2D eigenvalue weighted by Gasteiger charge is -2.28. The van der Waals surface area contributed by atoms with Crippen LogP contribution in [-0.4, -0.2) is 14.1 Å². The predicted octanol–water partition coefficient (Wildman–Crippen LogP) is 2.87. The highest BCUT2D eigenvalue weighted by molar-refractivity contribution is 5.75. The molecular formula is C24H24F2N6O2. The van der Waals surface area contributed by atoms with Crippen molar-refractivity contribution >= 4 is 17.1 Å². The van der Waals surface area contributed by atoms with Crippen LogP contribution in [0.3, 0.4) is 0 Å². The van der Waals surface area contributed by atoms with Crippen molar-refractivity contribution in [3.63, 3.8) is 0 Å². The van der Waals surface area contributed by atoms with E-state index in [1.165, 1.54) is 10.8 Å². The van der Waals surface area contributed by atoms with Gasteiger partial charge in [-0.1, -0.05) is 18.8 Å². The molecule has 0 bridgehead atoms. The minimum absolute atomic E-state index is 0.0824. The first kappa shape index (κ1) is 23.2. The van der Waals surface area contributed by atoms with Crippen molar-refractivity contribution in [1.29, 1.82) is 0 Å². The summed E-state index contributed by atoms with van der Waals surface area (Å²) in [6.45, 7) is 1.66. The van der Waals surface area contributed by atoms with Gasteiger partial charge in [0.15, 0.2) is 11.6 Å². The standard InChI is InChI=1S/C24H24F2N6O2/c1-3-8-30-21(15-6-4-5-7-15)22(32(28)20-11-18(26)17(25)10-19(20)27)23(33)31(24(30)34)16-9-14(2)12-29-13-16/h1,9-13,15H,4-8,27-28H2,2H3. The molecule has 0 aliphatic heterocycles. The monoisotopic (exact) mass is 466 g/mol. The Balaban J connectivity index is 2.10. The maximum atomic E-state index is 14.1. The summed E-state index contributed by atoms with van der Waals surface area (Å²) in [6, 6.07) is 3.24. The van der Waals surface area contributed by atoms with Gasteiger partial charge in [-0.05, 0) is 31.4 Å². The maximum absolute atomic E-state index is 14.1. The predicted molar refractivity (Wildman–Crippen MR) is 126 cm³/mol. The van der Waals surface area contributed by atoms with Gasteiger partial charge < -0.3 is 5.73 Å². The van der Waals surface area contributed by atoms with E-state index in [0.29, 0.717) is 18.5 Å². The molecule has 8 nitrogen and oxygen atoms in total. The van der Waals surface area contributed by atoms with Crippen LogP contribution in [0.25, 0.3) is 5.69 Å². The van der Waals surface area contributed by atoms with E-state index in [1.807, 2.05) is 0 Å². The Kier molecular flexibility index (Phi) is 6.22. The Bertz CT molecular complexity index is 1420. The zero-order valence-electron chi connectivity index (χ0n) is 18.6. The van der Waals surface area contributed by atoms with E-state index in [-0.39, 0.29) is 35.2 Å². The average Bonchev–Trinajstić information content (AvgIpc) is 3.32. The number of nitrogens with zero attached hydrogens (tertiary/aromatic N) is 4. The lowest BCUT2D eigenvalue weighted by Crippen LogP contribution is -2.46. The molecule has 34 heavy (non-hydrogen) atoms. The number of terminal acetylenes is 1. The van der Waals surface area contributed by atoms with Gasteiger partial charge in [0.2, 0.25) is 0 Å². The summed E-state index contributed by atoms with van der Waals surface area (Å²) in [5, 5.41) is 0.917. The van der Waals surface area contributed by atoms with Gasteiger partial charge in [0, 0.05) is 24.2 Å². The van der Waals surface area contributed by atoms with Crippen LogP contribution in [-0.2, 0) is 6.54 Å². The molecule has 1 aliphatic carbocycles. The van der Waals surface area contributed by atoms with Crippen LogP contribution >= 0.6 is 0 Å².